The minimum Gasteiger partial charge on any atom is -0.342 e. The van der Waals surface area contributed by atoms with Crippen molar-refractivity contribution in [1.29, 1.82) is 0 Å². The summed E-state index contributed by atoms with van der Waals surface area (Å²) in [4.78, 5) is 27.4. The van der Waals surface area contributed by atoms with Crippen LogP contribution in [-0.4, -0.2) is 38.2 Å². The van der Waals surface area contributed by atoms with Gasteiger partial charge in [0.25, 0.3) is 0 Å². The van der Waals surface area contributed by atoms with Gasteiger partial charge in [-0.05, 0) is 42.7 Å². The predicted molar refractivity (Wildman–Crippen MR) is 113 cm³/mol. The number of halogens is 1. The topological polar surface area (TPSA) is 60.1 Å². The highest BCUT2D eigenvalue weighted by Crippen LogP contribution is 2.27. The van der Waals surface area contributed by atoms with Crippen LogP contribution < -0.4 is 5.69 Å². The fraction of sp³-hybridized carbons (Fsp3) is 0.318. The van der Waals surface area contributed by atoms with Crippen LogP contribution in [-0.2, 0) is 18.3 Å². The highest BCUT2D eigenvalue weighted by molar-refractivity contribution is 6.30. The van der Waals surface area contributed by atoms with Crippen molar-refractivity contribution >= 4 is 17.5 Å². The van der Waals surface area contributed by atoms with Crippen LogP contribution in [0.3, 0.4) is 0 Å². The number of hydrogen-bond acceptors (Lipinski definition) is 3. The molecule has 0 bridgehead atoms. The van der Waals surface area contributed by atoms with Crippen molar-refractivity contribution in [2.45, 2.75) is 25.2 Å². The number of nitrogens with zero attached hydrogens (tertiary/aromatic N) is 4. The average molecular weight is 411 g/mol. The lowest BCUT2D eigenvalue weighted by Gasteiger charge is -2.32. The molecule has 1 fully saturated rings. The first kappa shape index (κ1) is 19.5. The van der Waals surface area contributed by atoms with Crippen LogP contribution in [0, 0.1) is 0 Å². The molecule has 0 radical (unpaired) electrons. The molecule has 0 aliphatic carbocycles. The molecule has 150 valence electrons. The Hall–Kier alpha value is -2.86. The summed E-state index contributed by atoms with van der Waals surface area (Å²) in [5, 5.41) is 5.17. The summed E-state index contributed by atoms with van der Waals surface area (Å²) in [7, 11) is 1.66. The average Bonchev–Trinajstić information content (AvgIpc) is 3.05. The molecule has 29 heavy (non-hydrogen) atoms. The Morgan fingerprint density at radius 1 is 1.14 bits per heavy atom. The van der Waals surface area contributed by atoms with Gasteiger partial charge in [-0.3, -0.25) is 4.79 Å². The molecule has 1 aliphatic heterocycles. The van der Waals surface area contributed by atoms with Gasteiger partial charge >= 0.3 is 5.69 Å². The maximum absolute atomic E-state index is 12.9. The lowest BCUT2D eigenvalue weighted by Crippen LogP contribution is -2.40. The van der Waals surface area contributed by atoms with Gasteiger partial charge in [0.05, 0.1) is 12.1 Å². The number of para-hydroxylation sites is 1. The molecule has 1 atom stereocenters. The number of likely N-dealkylation sites (tertiary alicyclic amines) is 1. The van der Waals surface area contributed by atoms with E-state index in [0.717, 1.165) is 30.6 Å². The zero-order valence-corrected chi connectivity index (χ0v) is 17.0. The fourth-order valence-electron chi connectivity index (χ4n) is 3.87. The van der Waals surface area contributed by atoms with Gasteiger partial charge in [-0.25, -0.2) is 14.0 Å². The van der Waals surface area contributed by atoms with E-state index in [0.29, 0.717) is 23.8 Å². The summed E-state index contributed by atoms with van der Waals surface area (Å²) in [5.41, 5.74) is 1.57. The maximum Gasteiger partial charge on any atom is 0.350 e. The third kappa shape index (κ3) is 4.12. The predicted octanol–water partition coefficient (Wildman–Crippen LogP) is 3.17. The van der Waals surface area contributed by atoms with Gasteiger partial charge in [0.2, 0.25) is 5.91 Å². The molecule has 1 aliphatic rings. The highest BCUT2D eigenvalue weighted by Gasteiger charge is 2.29. The first-order chi connectivity index (χ1) is 14.0. The largest absolute Gasteiger partial charge is 0.350 e. The standard InChI is InChI=1S/C22H23ClN4O2/c1-25-22(29)27(19-7-3-2-4-8-19)21(24-25)17-6-5-13-26(15-17)20(28)14-16-9-11-18(23)12-10-16/h2-4,7-12,17H,5-6,13-15H2,1H3. The van der Waals surface area contributed by atoms with E-state index in [-0.39, 0.29) is 17.5 Å². The van der Waals surface area contributed by atoms with Crippen LogP contribution in [0.5, 0.6) is 0 Å². The Morgan fingerprint density at radius 3 is 2.59 bits per heavy atom. The summed E-state index contributed by atoms with van der Waals surface area (Å²) in [6, 6.07) is 16.9. The molecule has 2 heterocycles. The van der Waals surface area contributed by atoms with Crippen LogP contribution in [0.2, 0.25) is 5.02 Å². The van der Waals surface area contributed by atoms with E-state index < -0.39 is 0 Å². The SMILES string of the molecule is Cn1nc(C2CCCN(C(=O)Cc3ccc(Cl)cc3)C2)n(-c2ccccc2)c1=O. The summed E-state index contributed by atoms with van der Waals surface area (Å²) in [6.07, 6.45) is 2.13. The van der Waals surface area contributed by atoms with Crippen LogP contribution >= 0.6 is 11.6 Å². The summed E-state index contributed by atoms with van der Waals surface area (Å²) in [5.74, 6) is 0.821. The van der Waals surface area contributed by atoms with Crippen molar-refractivity contribution in [3.8, 4) is 5.69 Å². The van der Waals surface area contributed by atoms with Gasteiger partial charge in [0.1, 0.15) is 5.82 Å². The van der Waals surface area contributed by atoms with E-state index in [1.807, 2.05) is 47.4 Å². The van der Waals surface area contributed by atoms with Gasteiger partial charge in [-0.15, -0.1) is 0 Å². The number of carbonyl (C=O) groups excluding carboxylic acids is 1. The number of piperidine rings is 1. The van der Waals surface area contributed by atoms with E-state index in [9.17, 15) is 9.59 Å². The summed E-state index contributed by atoms with van der Waals surface area (Å²) >= 11 is 5.93. The Bertz CT molecular complexity index is 1060. The fourth-order valence-corrected chi connectivity index (χ4v) is 4.00. The quantitative estimate of drug-likeness (QED) is 0.663. The van der Waals surface area contributed by atoms with Crippen molar-refractivity contribution in [3.05, 3.63) is 81.5 Å². The van der Waals surface area contributed by atoms with Gasteiger partial charge < -0.3 is 4.90 Å². The molecular weight excluding hydrogens is 388 g/mol. The van der Waals surface area contributed by atoms with E-state index >= 15 is 0 Å². The first-order valence-electron chi connectivity index (χ1n) is 9.76. The molecule has 4 rings (SSSR count). The minimum atomic E-state index is -0.171. The van der Waals surface area contributed by atoms with Crippen molar-refractivity contribution in [2.24, 2.45) is 7.05 Å². The van der Waals surface area contributed by atoms with E-state index in [4.69, 9.17) is 11.6 Å². The van der Waals surface area contributed by atoms with Crippen LogP contribution in [0.15, 0.2) is 59.4 Å². The van der Waals surface area contributed by atoms with Crippen LogP contribution in [0.25, 0.3) is 5.69 Å². The first-order valence-corrected chi connectivity index (χ1v) is 10.1. The molecule has 0 N–H and O–H groups in total. The number of benzene rings is 2. The molecule has 0 spiro atoms. The number of carbonyl (C=O) groups is 1. The molecule has 7 heteroatoms. The number of aryl methyl sites for hydroxylation is 1. The zero-order chi connectivity index (χ0) is 20.4. The summed E-state index contributed by atoms with van der Waals surface area (Å²) in [6.45, 7) is 1.29. The van der Waals surface area contributed by atoms with Crippen molar-refractivity contribution in [3.63, 3.8) is 0 Å². The van der Waals surface area contributed by atoms with Crippen LogP contribution in [0.1, 0.15) is 30.1 Å². The second-order valence-corrected chi connectivity index (χ2v) is 7.85. The van der Waals surface area contributed by atoms with Crippen molar-refractivity contribution in [1.82, 2.24) is 19.2 Å². The molecule has 1 amide bonds. The zero-order valence-electron chi connectivity index (χ0n) is 16.3. The number of amides is 1. The third-order valence-electron chi connectivity index (χ3n) is 5.37. The number of rotatable bonds is 4. The smallest absolute Gasteiger partial charge is 0.342 e. The lowest BCUT2D eigenvalue weighted by molar-refractivity contribution is -0.131. The maximum atomic E-state index is 12.9. The molecule has 3 aromatic rings. The second-order valence-electron chi connectivity index (χ2n) is 7.42. The van der Waals surface area contributed by atoms with Gasteiger partial charge in [0, 0.05) is 31.1 Å². The molecule has 0 saturated carbocycles. The molecule has 2 aromatic carbocycles. The minimum absolute atomic E-state index is 0.0204. The van der Waals surface area contributed by atoms with Crippen LogP contribution in [0.4, 0.5) is 0 Å². The molecule has 1 aromatic heterocycles. The van der Waals surface area contributed by atoms with Crippen molar-refractivity contribution in [2.75, 3.05) is 13.1 Å². The van der Waals surface area contributed by atoms with E-state index in [2.05, 4.69) is 5.10 Å². The molecular formula is C22H23ClN4O2. The Morgan fingerprint density at radius 2 is 1.86 bits per heavy atom. The number of hydrogen-bond donors (Lipinski definition) is 0. The Balaban J connectivity index is 1.56. The highest BCUT2D eigenvalue weighted by atomic mass is 35.5. The molecule has 6 nitrogen and oxygen atoms in total. The normalized spacial score (nSPS) is 16.8. The lowest BCUT2D eigenvalue weighted by atomic mass is 9.96. The van der Waals surface area contributed by atoms with Gasteiger partial charge in [-0.2, -0.15) is 5.10 Å². The molecule has 1 saturated heterocycles. The van der Waals surface area contributed by atoms with Gasteiger partial charge in [-0.1, -0.05) is 41.9 Å². The second kappa shape index (κ2) is 8.25. The summed E-state index contributed by atoms with van der Waals surface area (Å²) < 4.78 is 3.04. The van der Waals surface area contributed by atoms with E-state index in [1.54, 1.807) is 23.7 Å². The Kier molecular flexibility index (Phi) is 5.53. The third-order valence-corrected chi connectivity index (χ3v) is 5.62. The van der Waals surface area contributed by atoms with Gasteiger partial charge in [0.15, 0.2) is 0 Å². The molecule has 1 unspecified atom stereocenters. The monoisotopic (exact) mass is 410 g/mol. The number of aromatic nitrogens is 3. The van der Waals surface area contributed by atoms with E-state index in [1.165, 1.54) is 4.68 Å². The Labute approximate surface area is 174 Å². The van der Waals surface area contributed by atoms with Crippen molar-refractivity contribution < 1.29 is 4.79 Å².